The normalized spacial score (nSPS) is 14.7. The van der Waals surface area contributed by atoms with Crippen molar-refractivity contribution in [3.05, 3.63) is 71.0 Å². The Kier molecular flexibility index (Phi) is 3.87. The van der Waals surface area contributed by atoms with Crippen molar-refractivity contribution < 1.29 is 4.42 Å². The largest absolute Gasteiger partial charge is 0.440 e. The molecule has 0 aliphatic carbocycles. The first kappa shape index (κ1) is 16.0. The van der Waals surface area contributed by atoms with Crippen LogP contribution in [0.25, 0.3) is 33.0 Å². The fourth-order valence-corrected chi connectivity index (χ4v) is 3.67. The second-order valence-electron chi connectivity index (χ2n) is 6.78. The van der Waals surface area contributed by atoms with Crippen LogP contribution in [0.15, 0.2) is 70.0 Å². The Balaban J connectivity index is 1.71. The van der Waals surface area contributed by atoms with Crippen molar-refractivity contribution in [3.8, 4) is 11.1 Å². The average molecular weight is 357 g/mol. The molecule has 0 saturated carbocycles. The molecule has 0 spiro atoms. The maximum atomic E-state index is 12.7. The van der Waals surface area contributed by atoms with Gasteiger partial charge in [-0.3, -0.25) is 9.78 Å². The fourth-order valence-electron chi connectivity index (χ4n) is 3.67. The van der Waals surface area contributed by atoms with E-state index in [4.69, 9.17) is 4.42 Å². The summed E-state index contributed by atoms with van der Waals surface area (Å²) in [5.41, 5.74) is 3.45. The molecule has 0 bridgehead atoms. The van der Waals surface area contributed by atoms with Crippen molar-refractivity contribution in [3.63, 3.8) is 0 Å². The molecule has 5 nitrogen and oxygen atoms in total. The van der Waals surface area contributed by atoms with Crippen LogP contribution in [-0.4, -0.2) is 31.2 Å². The monoisotopic (exact) mass is 357 g/mol. The number of benzene rings is 2. The van der Waals surface area contributed by atoms with Crippen LogP contribution in [0.3, 0.4) is 0 Å². The molecule has 134 valence electrons. The zero-order valence-electron chi connectivity index (χ0n) is 14.8. The third-order valence-electron chi connectivity index (χ3n) is 5.09. The van der Waals surface area contributed by atoms with Gasteiger partial charge in [-0.2, -0.15) is 0 Å². The predicted octanol–water partition coefficient (Wildman–Crippen LogP) is 3.42. The van der Waals surface area contributed by atoms with Gasteiger partial charge in [-0.25, -0.2) is 0 Å². The quantitative estimate of drug-likeness (QED) is 0.596. The number of fused-ring (bicyclic) bond motifs is 2. The van der Waals surface area contributed by atoms with Gasteiger partial charge in [-0.05, 0) is 23.8 Å². The highest BCUT2D eigenvalue weighted by Crippen LogP contribution is 2.31. The molecule has 1 saturated heterocycles. The smallest absolute Gasteiger partial charge is 0.200 e. The van der Waals surface area contributed by atoms with Crippen molar-refractivity contribution in [2.24, 2.45) is 0 Å². The van der Waals surface area contributed by atoms with Gasteiger partial charge in [0.05, 0.1) is 10.9 Å². The lowest BCUT2D eigenvalue weighted by atomic mass is 10.0. The minimum atomic E-state index is -0.00875. The SMILES string of the molecule is O=c1cc(N2CCNCC2)oc2c(-c3ccc4cccnc4c3)cccc12. The summed E-state index contributed by atoms with van der Waals surface area (Å²) in [5.74, 6) is 0.639. The Bertz CT molecular complexity index is 1190. The summed E-state index contributed by atoms with van der Waals surface area (Å²) in [7, 11) is 0. The van der Waals surface area contributed by atoms with E-state index >= 15 is 0 Å². The lowest BCUT2D eigenvalue weighted by molar-refractivity contribution is 0.521. The minimum absolute atomic E-state index is 0.00875. The summed E-state index contributed by atoms with van der Waals surface area (Å²) in [6.45, 7) is 3.44. The Hall–Kier alpha value is -3.18. The standard InChI is InChI=1S/C22H19N3O2/c26-20-14-21(25-11-9-23-10-12-25)27-22-17(4-1-5-18(20)22)16-7-6-15-3-2-8-24-19(15)13-16/h1-8,13-14,23H,9-12H2. The highest BCUT2D eigenvalue weighted by Gasteiger charge is 2.17. The summed E-state index contributed by atoms with van der Waals surface area (Å²) < 4.78 is 6.26. The van der Waals surface area contributed by atoms with Gasteiger partial charge in [-0.1, -0.05) is 30.3 Å². The molecule has 0 amide bonds. The Morgan fingerprint density at radius 2 is 1.89 bits per heavy atom. The van der Waals surface area contributed by atoms with Crippen LogP contribution in [0.1, 0.15) is 0 Å². The lowest BCUT2D eigenvalue weighted by Gasteiger charge is -2.27. The summed E-state index contributed by atoms with van der Waals surface area (Å²) >= 11 is 0. The van der Waals surface area contributed by atoms with Gasteiger partial charge in [0.1, 0.15) is 5.58 Å². The molecule has 0 unspecified atom stereocenters. The third-order valence-corrected chi connectivity index (χ3v) is 5.09. The molecule has 1 fully saturated rings. The van der Waals surface area contributed by atoms with Crippen molar-refractivity contribution >= 4 is 27.8 Å². The first-order valence-electron chi connectivity index (χ1n) is 9.17. The van der Waals surface area contributed by atoms with Crippen molar-refractivity contribution in [1.82, 2.24) is 10.3 Å². The van der Waals surface area contributed by atoms with Crippen molar-refractivity contribution in [1.29, 1.82) is 0 Å². The topological polar surface area (TPSA) is 58.4 Å². The minimum Gasteiger partial charge on any atom is -0.440 e. The van der Waals surface area contributed by atoms with E-state index in [1.165, 1.54) is 0 Å². The zero-order valence-corrected chi connectivity index (χ0v) is 14.8. The van der Waals surface area contributed by atoms with E-state index in [0.29, 0.717) is 16.9 Å². The second kappa shape index (κ2) is 6.52. The molecule has 0 radical (unpaired) electrons. The summed E-state index contributed by atoms with van der Waals surface area (Å²) in [6, 6.07) is 17.5. The number of rotatable bonds is 2. The van der Waals surface area contributed by atoms with Crippen molar-refractivity contribution in [2.75, 3.05) is 31.1 Å². The second-order valence-corrected chi connectivity index (χ2v) is 6.78. The van der Waals surface area contributed by atoms with Crippen LogP contribution in [0.2, 0.25) is 0 Å². The van der Waals surface area contributed by atoms with Gasteiger partial charge in [0.15, 0.2) is 11.3 Å². The molecule has 1 aliphatic heterocycles. The Morgan fingerprint density at radius 1 is 1.00 bits per heavy atom. The molecular weight excluding hydrogens is 338 g/mol. The summed E-state index contributed by atoms with van der Waals surface area (Å²) in [6.07, 6.45) is 1.79. The third kappa shape index (κ3) is 2.86. The Morgan fingerprint density at radius 3 is 2.78 bits per heavy atom. The van der Waals surface area contributed by atoms with Gasteiger partial charge in [0.25, 0.3) is 0 Å². The predicted molar refractivity (Wildman–Crippen MR) is 108 cm³/mol. The van der Waals surface area contributed by atoms with Gasteiger partial charge < -0.3 is 14.6 Å². The van der Waals surface area contributed by atoms with Crippen molar-refractivity contribution in [2.45, 2.75) is 0 Å². The number of para-hydroxylation sites is 1. The number of nitrogens with zero attached hydrogens (tertiary/aromatic N) is 2. The molecule has 2 aromatic carbocycles. The molecule has 4 aromatic rings. The molecular formula is C22H19N3O2. The first-order valence-corrected chi connectivity index (χ1v) is 9.17. The van der Waals surface area contributed by atoms with E-state index in [0.717, 1.165) is 48.2 Å². The average Bonchev–Trinajstić information content (AvgIpc) is 2.73. The molecule has 1 aliphatic rings. The number of aromatic nitrogens is 1. The van der Waals surface area contributed by atoms with Crippen LogP contribution < -0.4 is 15.6 Å². The Labute approximate surface area is 156 Å². The molecule has 5 rings (SSSR count). The van der Waals surface area contributed by atoms with Crippen LogP contribution in [0.4, 0.5) is 5.88 Å². The molecule has 1 N–H and O–H groups in total. The maximum Gasteiger partial charge on any atom is 0.200 e. The molecule has 5 heteroatoms. The van der Waals surface area contributed by atoms with Crippen LogP contribution in [-0.2, 0) is 0 Å². The van der Waals surface area contributed by atoms with E-state index in [2.05, 4.69) is 27.3 Å². The highest BCUT2D eigenvalue weighted by molar-refractivity contribution is 5.95. The number of hydrogen-bond acceptors (Lipinski definition) is 5. The van der Waals surface area contributed by atoms with Gasteiger partial charge in [0, 0.05) is 49.4 Å². The van der Waals surface area contributed by atoms with Crippen LogP contribution in [0.5, 0.6) is 0 Å². The van der Waals surface area contributed by atoms with Gasteiger partial charge >= 0.3 is 0 Å². The number of pyridine rings is 1. The summed E-state index contributed by atoms with van der Waals surface area (Å²) in [5, 5.41) is 5.01. The molecule has 27 heavy (non-hydrogen) atoms. The van der Waals surface area contributed by atoms with Gasteiger partial charge in [-0.15, -0.1) is 0 Å². The fraction of sp³-hybridized carbons (Fsp3) is 0.182. The van der Waals surface area contributed by atoms with Crippen LogP contribution in [0, 0.1) is 0 Å². The van der Waals surface area contributed by atoms with E-state index < -0.39 is 0 Å². The van der Waals surface area contributed by atoms with Gasteiger partial charge in [0.2, 0.25) is 0 Å². The lowest BCUT2D eigenvalue weighted by Crippen LogP contribution is -2.43. The first-order chi connectivity index (χ1) is 13.3. The molecule has 3 heterocycles. The summed E-state index contributed by atoms with van der Waals surface area (Å²) in [4.78, 5) is 19.3. The van der Waals surface area contributed by atoms with E-state index in [1.54, 1.807) is 12.3 Å². The molecule has 0 atom stereocenters. The van der Waals surface area contributed by atoms with E-state index in [9.17, 15) is 4.79 Å². The number of nitrogens with one attached hydrogen (secondary N) is 1. The maximum absolute atomic E-state index is 12.7. The number of anilines is 1. The van der Waals surface area contributed by atoms with E-state index in [-0.39, 0.29) is 5.43 Å². The zero-order chi connectivity index (χ0) is 18.2. The number of hydrogen-bond donors (Lipinski definition) is 1. The molecule has 2 aromatic heterocycles. The number of piperazine rings is 1. The highest BCUT2D eigenvalue weighted by atomic mass is 16.4. The van der Waals surface area contributed by atoms with E-state index in [1.807, 2.05) is 36.4 Å². The van der Waals surface area contributed by atoms with Crippen LogP contribution >= 0.6 is 0 Å².